The molecule has 0 amide bonds. The molecule has 4 N–H and O–H groups in total. The number of nitrogens with one attached hydrogen (secondary N) is 1. The molecule has 0 radical (unpaired) electrons. The minimum Gasteiger partial charge on any atom is -0.392 e. The van der Waals surface area contributed by atoms with E-state index < -0.39 is 0 Å². The van der Waals surface area contributed by atoms with Gasteiger partial charge in [0.05, 0.1) is 12.3 Å². The Kier molecular flexibility index (Phi) is 4.73. The summed E-state index contributed by atoms with van der Waals surface area (Å²) >= 11 is 0. The molecule has 10 heteroatoms. The van der Waals surface area contributed by atoms with Crippen LogP contribution in [0, 0.1) is 5.92 Å². The van der Waals surface area contributed by atoms with Crippen LogP contribution in [0.15, 0.2) is 66.0 Å². The van der Waals surface area contributed by atoms with Gasteiger partial charge < -0.3 is 21.1 Å². The number of hydrogen-bond acceptors (Lipinski definition) is 9. The lowest BCUT2D eigenvalue weighted by molar-refractivity contribution is 0.331. The molecule has 0 spiro atoms. The number of hydrogen-bond donors (Lipinski definition) is 3. The third-order valence-corrected chi connectivity index (χ3v) is 6.31. The van der Waals surface area contributed by atoms with Crippen molar-refractivity contribution in [3.05, 3.63) is 66.0 Å². The molecule has 1 aliphatic carbocycles. The number of anilines is 4. The summed E-state index contributed by atoms with van der Waals surface area (Å²) in [5.74, 6) is 2.86. The third-order valence-electron chi connectivity index (χ3n) is 6.31. The van der Waals surface area contributed by atoms with E-state index in [1.807, 2.05) is 55.7 Å². The quantitative estimate of drug-likeness (QED) is 0.377. The number of aliphatic hydroxyl groups excluding tert-OH is 1. The molecule has 0 bridgehead atoms. The van der Waals surface area contributed by atoms with Crippen LogP contribution in [0.25, 0.3) is 22.6 Å². The summed E-state index contributed by atoms with van der Waals surface area (Å²) in [5.41, 5.74) is 11.7. The van der Waals surface area contributed by atoms with Crippen LogP contribution in [-0.4, -0.2) is 54.5 Å². The highest BCUT2D eigenvalue weighted by Crippen LogP contribution is 2.45. The van der Waals surface area contributed by atoms with Crippen LogP contribution in [0.5, 0.6) is 0 Å². The molecular weight excluding hydrogens is 430 g/mol. The number of aryl methyl sites for hydroxylation is 1. The van der Waals surface area contributed by atoms with Crippen LogP contribution in [0.2, 0.25) is 0 Å². The minimum atomic E-state index is 0.184. The molecule has 1 unspecified atom stereocenters. The van der Waals surface area contributed by atoms with Crippen molar-refractivity contribution in [2.24, 2.45) is 13.0 Å². The van der Waals surface area contributed by atoms with Crippen LogP contribution in [0.4, 0.5) is 23.4 Å². The molecule has 10 nitrogen and oxygen atoms in total. The van der Waals surface area contributed by atoms with Crippen molar-refractivity contribution in [2.45, 2.75) is 0 Å². The zero-order chi connectivity index (χ0) is 23.2. The Labute approximate surface area is 195 Å². The second kappa shape index (κ2) is 7.92. The van der Waals surface area contributed by atoms with E-state index in [-0.39, 0.29) is 12.6 Å². The van der Waals surface area contributed by atoms with Crippen molar-refractivity contribution in [3.8, 4) is 22.6 Å². The van der Waals surface area contributed by atoms with Gasteiger partial charge in [0.1, 0.15) is 5.82 Å². The van der Waals surface area contributed by atoms with E-state index in [4.69, 9.17) is 5.73 Å². The van der Waals surface area contributed by atoms with Crippen molar-refractivity contribution < 1.29 is 5.11 Å². The van der Waals surface area contributed by atoms with Gasteiger partial charge in [0.15, 0.2) is 5.82 Å². The van der Waals surface area contributed by atoms with E-state index in [9.17, 15) is 5.11 Å². The highest BCUT2D eigenvalue weighted by molar-refractivity contribution is 5.66. The first-order valence-electron chi connectivity index (χ1n) is 11.0. The molecule has 0 saturated carbocycles. The number of fused-ring (bicyclic) bond motifs is 1. The number of benzene rings is 1. The summed E-state index contributed by atoms with van der Waals surface area (Å²) in [6.07, 6.45) is 3.45. The summed E-state index contributed by atoms with van der Waals surface area (Å²) in [6, 6.07) is 13.7. The Morgan fingerprint density at radius 1 is 1.06 bits per heavy atom. The second-order valence-corrected chi connectivity index (χ2v) is 8.43. The van der Waals surface area contributed by atoms with E-state index in [1.165, 1.54) is 11.1 Å². The predicted molar refractivity (Wildman–Crippen MR) is 129 cm³/mol. The molecule has 34 heavy (non-hydrogen) atoms. The van der Waals surface area contributed by atoms with Gasteiger partial charge in [-0.1, -0.05) is 12.1 Å². The highest BCUT2D eigenvalue weighted by Gasteiger charge is 2.43. The fourth-order valence-electron chi connectivity index (χ4n) is 4.40. The van der Waals surface area contributed by atoms with E-state index in [2.05, 4.69) is 35.3 Å². The maximum absolute atomic E-state index is 9.30. The van der Waals surface area contributed by atoms with Crippen molar-refractivity contribution in [1.82, 2.24) is 29.7 Å². The Morgan fingerprint density at radius 3 is 2.56 bits per heavy atom. The highest BCUT2D eigenvalue weighted by atomic mass is 16.3. The van der Waals surface area contributed by atoms with Gasteiger partial charge in [-0.3, -0.25) is 0 Å². The third kappa shape index (κ3) is 3.63. The number of aromatic nitrogens is 6. The smallest absolute Gasteiger partial charge is 0.225 e. The van der Waals surface area contributed by atoms with Crippen LogP contribution in [0.3, 0.4) is 0 Å². The van der Waals surface area contributed by atoms with Gasteiger partial charge in [0.25, 0.3) is 0 Å². The molecule has 1 saturated heterocycles. The van der Waals surface area contributed by atoms with Crippen molar-refractivity contribution >= 4 is 23.4 Å². The standard InChI is InChI=1S/C24H23N9O/c1-32-24(28-16-5-2-14(3-6-16)20-8-9-26-23(25)29-20)30-22(31-32)15-4-7-21(27-10-15)33-11-17-18(12-33)19(17)13-34/h2-10,17,34H,11-13H2,1H3,(H2,25,26,29)(H,28,30,31). The molecule has 6 rings (SSSR count). The van der Waals surface area contributed by atoms with Gasteiger partial charge in [-0.25, -0.2) is 19.6 Å². The fourth-order valence-corrected chi connectivity index (χ4v) is 4.40. The number of rotatable bonds is 6. The van der Waals surface area contributed by atoms with E-state index in [0.29, 0.717) is 17.7 Å². The zero-order valence-electron chi connectivity index (χ0n) is 18.5. The summed E-state index contributed by atoms with van der Waals surface area (Å²) < 4.78 is 1.71. The maximum atomic E-state index is 9.30. The normalized spacial score (nSPS) is 16.6. The first-order valence-corrected chi connectivity index (χ1v) is 11.0. The monoisotopic (exact) mass is 453 g/mol. The number of nitrogens with two attached hydrogens (primary N) is 1. The Bertz CT molecular complexity index is 1390. The van der Waals surface area contributed by atoms with Gasteiger partial charge >= 0.3 is 0 Å². The van der Waals surface area contributed by atoms with E-state index in [1.54, 1.807) is 10.9 Å². The van der Waals surface area contributed by atoms with Gasteiger partial charge in [-0.05, 0) is 41.5 Å². The zero-order valence-corrected chi connectivity index (χ0v) is 18.5. The van der Waals surface area contributed by atoms with Crippen LogP contribution in [0.1, 0.15) is 0 Å². The number of pyridine rings is 1. The Hall–Kier alpha value is -4.31. The summed E-state index contributed by atoms with van der Waals surface area (Å²) in [7, 11) is 1.85. The van der Waals surface area contributed by atoms with Gasteiger partial charge in [-0.2, -0.15) is 4.98 Å². The number of nitrogen functional groups attached to an aromatic ring is 1. The number of nitrogens with zero attached hydrogens (tertiary/aromatic N) is 7. The average Bonchev–Trinajstić information content (AvgIpc) is 3.14. The lowest BCUT2D eigenvalue weighted by Gasteiger charge is -2.18. The van der Waals surface area contributed by atoms with Gasteiger partial charge in [-0.15, -0.1) is 5.10 Å². The SMILES string of the molecule is Cn1nc(-c2ccc(N3CC4=C(CO)C4C3)nc2)nc1Nc1ccc(-c2ccnc(N)n2)cc1. The van der Waals surface area contributed by atoms with Crippen molar-refractivity contribution in [1.29, 1.82) is 0 Å². The van der Waals surface area contributed by atoms with E-state index in [0.717, 1.165) is 41.4 Å². The van der Waals surface area contributed by atoms with Crippen molar-refractivity contribution in [2.75, 3.05) is 35.6 Å². The molecule has 170 valence electrons. The molecule has 3 aromatic heterocycles. The summed E-state index contributed by atoms with van der Waals surface area (Å²) in [6.45, 7) is 1.94. The second-order valence-electron chi connectivity index (χ2n) is 8.43. The molecule has 1 atom stereocenters. The Morgan fingerprint density at radius 2 is 1.88 bits per heavy atom. The largest absolute Gasteiger partial charge is 0.392 e. The summed E-state index contributed by atoms with van der Waals surface area (Å²) in [4.78, 5) is 19.7. The lowest BCUT2D eigenvalue weighted by atomic mass is 10.1. The Balaban J connectivity index is 1.15. The topological polar surface area (TPSA) is 131 Å². The molecule has 2 aliphatic rings. The van der Waals surface area contributed by atoms with Crippen LogP contribution >= 0.6 is 0 Å². The van der Waals surface area contributed by atoms with Crippen LogP contribution in [-0.2, 0) is 7.05 Å². The summed E-state index contributed by atoms with van der Waals surface area (Å²) in [5, 5.41) is 17.1. The lowest BCUT2D eigenvalue weighted by Crippen LogP contribution is -2.22. The fraction of sp³-hybridized carbons (Fsp3) is 0.208. The molecular formula is C24H23N9O. The van der Waals surface area contributed by atoms with Crippen molar-refractivity contribution in [3.63, 3.8) is 0 Å². The maximum Gasteiger partial charge on any atom is 0.225 e. The predicted octanol–water partition coefficient (Wildman–Crippen LogP) is 2.40. The molecule has 4 heterocycles. The average molecular weight is 454 g/mol. The number of aliphatic hydroxyl groups is 1. The molecule has 1 aliphatic heterocycles. The van der Waals surface area contributed by atoms with E-state index >= 15 is 0 Å². The van der Waals surface area contributed by atoms with Gasteiger partial charge in [0.2, 0.25) is 11.9 Å². The first kappa shape index (κ1) is 20.3. The molecule has 1 aromatic carbocycles. The first-order chi connectivity index (χ1) is 16.6. The molecule has 1 fully saturated rings. The van der Waals surface area contributed by atoms with Crippen LogP contribution < -0.4 is 16.0 Å². The molecule has 4 aromatic rings. The minimum absolute atomic E-state index is 0.184. The van der Waals surface area contributed by atoms with Gasteiger partial charge in [0, 0.05) is 55.3 Å².